The van der Waals surface area contributed by atoms with Crippen LogP contribution in [-0.4, -0.2) is 11.0 Å². The molecule has 2 aromatic rings. The van der Waals surface area contributed by atoms with Crippen LogP contribution in [-0.2, 0) is 4.79 Å². The number of nitrogens with one attached hydrogen (secondary N) is 3. The second-order valence-electron chi connectivity index (χ2n) is 6.03. The number of hydrogen-bond donors (Lipinski definition) is 3. The average molecular weight is 373 g/mol. The fourth-order valence-electron chi connectivity index (χ4n) is 2.92. The molecular weight excluding hydrogens is 356 g/mol. The minimum atomic E-state index is -1.03. The number of carbonyl (C=O) groups is 1. The first-order chi connectivity index (χ1) is 12.4. The summed E-state index contributed by atoms with van der Waals surface area (Å²) in [6, 6.07) is 9.81. The van der Waals surface area contributed by atoms with Crippen LogP contribution in [0.15, 0.2) is 53.7 Å². The Labute approximate surface area is 155 Å². The van der Waals surface area contributed by atoms with Crippen LogP contribution in [0.4, 0.5) is 14.5 Å². The molecule has 0 aromatic heterocycles. The van der Waals surface area contributed by atoms with Crippen LogP contribution in [0.3, 0.4) is 0 Å². The van der Waals surface area contributed by atoms with E-state index >= 15 is 0 Å². The molecule has 0 radical (unpaired) electrons. The van der Waals surface area contributed by atoms with Gasteiger partial charge in [-0.05, 0) is 55.9 Å². The summed E-state index contributed by atoms with van der Waals surface area (Å²) >= 11 is 5.10. The highest BCUT2D eigenvalue weighted by molar-refractivity contribution is 7.80. The maximum absolute atomic E-state index is 14.3. The lowest BCUT2D eigenvalue weighted by atomic mass is 9.94. The predicted octanol–water partition coefficient (Wildman–Crippen LogP) is 3.70. The Morgan fingerprint density at radius 1 is 1.12 bits per heavy atom. The summed E-state index contributed by atoms with van der Waals surface area (Å²) < 4.78 is 28.6. The van der Waals surface area contributed by atoms with Gasteiger partial charge in [-0.15, -0.1) is 0 Å². The van der Waals surface area contributed by atoms with E-state index in [9.17, 15) is 13.6 Å². The number of thiocarbonyl (C=S) groups is 1. The van der Waals surface area contributed by atoms with Gasteiger partial charge in [0.15, 0.2) is 5.11 Å². The molecule has 26 heavy (non-hydrogen) atoms. The van der Waals surface area contributed by atoms with Crippen molar-refractivity contribution in [3.63, 3.8) is 0 Å². The van der Waals surface area contributed by atoms with Crippen molar-refractivity contribution in [2.24, 2.45) is 0 Å². The predicted molar refractivity (Wildman–Crippen MR) is 100 cm³/mol. The Kier molecular flexibility index (Phi) is 4.99. The first-order valence-corrected chi connectivity index (χ1v) is 8.38. The molecule has 0 bridgehead atoms. The fraction of sp³-hybridized carbons (Fsp3) is 0.158. The molecule has 4 nitrogen and oxygen atoms in total. The maximum atomic E-state index is 14.3. The van der Waals surface area contributed by atoms with Crippen LogP contribution in [0.25, 0.3) is 0 Å². The van der Waals surface area contributed by atoms with Gasteiger partial charge in [-0.3, -0.25) is 4.79 Å². The molecule has 1 heterocycles. The van der Waals surface area contributed by atoms with Gasteiger partial charge < -0.3 is 16.0 Å². The number of benzene rings is 2. The minimum absolute atomic E-state index is 0.170. The third kappa shape index (κ3) is 3.57. The molecule has 3 N–H and O–H groups in total. The zero-order valence-electron chi connectivity index (χ0n) is 14.2. The third-order valence-electron chi connectivity index (χ3n) is 4.08. The van der Waals surface area contributed by atoms with Gasteiger partial charge in [-0.1, -0.05) is 18.2 Å². The van der Waals surface area contributed by atoms with Crippen LogP contribution in [0.5, 0.6) is 0 Å². The van der Waals surface area contributed by atoms with E-state index in [0.717, 1.165) is 17.7 Å². The molecular formula is C19H17F2N3OS. The SMILES string of the molecule is CC1=C(C(=O)Nc2cccc(C)c2)[C@H](c2c(F)cccc2F)NC(=S)N1. The van der Waals surface area contributed by atoms with Gasteiger partial charge in [-0.2, -0.15) is 0 Å². The van der Waals surface area contributed by atoms with Crippen molar-refractivity contribution in [3.05, 3.63) is 76.5 Å². The standard InChI is InChI=1S/C19H17F2N3OS/c1-10-5-3-6-12(9-10)23-18(25)15-11(2)22-19(26)24-17(15)16-13(20)7-4-8-14(16)21/h3-9,17H,1-2H3,(H,23,25)(H2,22,24,26)/t17-/m1/s1. The Bertz CT molecular complexity index is 907. The molecule has 0 saturated heterocycles. The van der Waals surface area contributed by atoms with Gasteiger partial charge in [0, 0.05) is 11.4 Å². The molecule has 0 unspecified atom stereocenters. The Balaban J connectivity index is 2.02. The van der Waals surface area contributed by atoms with Crippen molar-refractivity contribution in [1.82, 2.24) is 10.6 Å². The number of halogens is 2. The van der Waals surface area contributed by atoms with Crippen molar-refractivity contribution in [2.75, 3.05) is 5.32 Å². The highest BCUT2D eigenvalue weighted by Gasteiger charge is 2.33. The lowest BCUT2D eigenvalue weighted by Gasteiger charge is -2.30. The fourth-order valence-corrected chi connectivity index (χ4v) is 3.19. The summed E-state index contributed by atoms with van der Waals surface area (Å²) in [5, 5.41) is 8.60. The molecule has 1 aliphatic heterocycles. The number of hydrogen-bond acceptors (Lipinski definition) is 2. The van der Waals surface area contributed by atoms with Crippen LogP contribution in [0.1, 0.15) is 24.1 Å². The zero-order valence-corrected chi connectivity index (χ0v) is 15.0. The molecule has 0 spiro atoms. The Morgan fingerprint density at radius 2 is 1.77 bits per heavy atom. The van der Waals surface area contributed by atoms with Crippen LogP contribution in [0.2, 0.25) is 0 Å². The number of aryl methyl sites for hydroxylation is 1. The topological polar surface area (TPSA) is 53.2 Å². The Morgan fingerprint density at radius 3 is 2.42 bits per heavy atom. The van der Waals surface area contributed by atoms with E-state index in [2.05, 4.69) is 16.0 Å². The van der Waals surface area contributed by atoms with Gasteiger partial charge in [0.1, 0.15) is 11.6 Å². The van der Waals surface area contributed by atoms with Crippen molar-refractivity contribution in [1.29, 1.82) is 0 Å². The minimum Gasteiger partial charge on any atom is -0.351 e. The summed E-state index contributed by atoms with van der Waals surface area (Å²) in [5.41, 5.74) is 1.93. The molecule has 0 fully saturated rings. The molecule has 7 heteroatoms. The number of anilines is 1. The lowest BCUT2D eigenvalue weighted by molar-refractivity contribution is -0.113. The van der Waals surface area contributed by atoms with Gasteiger partial charge >= 0.3 is 0 Å². The van der Waals surface area contributed by atoms with Gasteiger partial charge in [0.2, 0.25) is 0 Å². The van der Waals surface area contributed by atoms with Crippen molar-refractivity contribution < 1.29 is 13.6 Å². The van der Waals surface area contributed by atoms with E-state index in [-0.39, 0.29) is 16.2 Å². The molecule has 2 aromatic carbocycles. The summed E-state index contributed by atoms with van der Waals surface area (Å²) in [6.45, 7) is 3.55. The molecule has 1 atom stereocenters. The van der Waals surface area contributed by atoms with Crippen molar-refractivity contribution in [2.45, 2.75) is 19.9 Å². The molecule has 1 amide bonds. The number of allylic oxidation sites excluding steroid dienone is 1. The van der Waals surface area contributed by atoms with E-state index in [1.54, 1.807) is 19.1 Å². The highest BCUT2D eigenvalue weighted by atomic mass is 32.1. The number of carbonyl (C=O) groups excluding carboxylic acids is 1. The normalized spacial score (nSPS) is 16.8. The van der Waals surface area contributed by atoms with Crippen molar-refractivity contribution >= 4 is 28.9 Å². The molecule has 0 aliphatic carbocycles. The van der Waals surface area contributed by atoms with E-state index in [1.165, 1.54) is 6.07 Å². The monoisotopic (exact) mass is 373 g/mol. The zero-order chi connectivity index (χ0) is 18.8. The average Bonchev–Trinajstić information content (AvgIpc) is 2.54. The number of amides is 1. The second-order valence-corrected chi connectivity index (χ2v) is 6.44. The second kappa shape index (κ2) is 7.21. The lowest BCUT2D eigenvalue weighted by Crippen LogP contribution is -2.46. The smallest absolute Gasteiger partial charge is 0.255 e. The van der Waals surface area contributed by atoms with E-state index in [4.69, 9.17) is 12.2 Å². The Hall–Kier alpha value is -2.80. The quantitative estimate of drug-likeness (QED) is 0.718. The summed E-state index contributed by atoms with van der Waals surface area (Å²) in [7, 11) is 0. The first kappa shape index (κ1) is 18.0. The molecule has 0 saturated carbocycles. The van der Waals surface area contributed by atoms with E-state index in [0.29, 0.717) is 11.4 Å². The maximum Gasteiger partial charge on any atom is 0.255 e. The van der Waals surface area contributed by atoms with Crippen LogP contribution in [0, 0.1) is 18.6 Å². The van der Waals surface area contributed by atoms with Gasteiger partial charge in [0.25, 0.3) is 5.91 Å². The summed E-state index contributed by atoms with van der Waals surface area (Å²) in [4.78, 5) is 12.9. The molecule has 3 rings (SSSR count). The highest BCUT2D eigenvalue weighted by Crippen LogP contribution is 2.31. The van der Waals surface area contributed by atoms with Crippen LogP contribution < -0.4 is 16.0 Å². The summed E-state index contributed by atoms with van der Waals surface area (Å²) in [6.07, 6.45) is 0. The third-order valence-corrected chi connectivity index (χ3v) is 4.30. The summed E-state index contributed by atoms with van der Waals surface area (Å²) in [5.74, 6) is -1.97. The van der Waals surface area contributed by atoms with Crippen molar-refractivity contribution in [3.8, 4) is 0 Å². The van der Waals surface area contributed by atoms with Gasteiger partial charge in [-0.25, -0.2) is 8.78 Å². The van der Waals surface area contributed by atoms with Crippen LogP contribution >= 0.6 is 12.2 Å². The molecule has 1 aliphatic rings. The van der Waals surface area contributed by atoms with E-state index < -0.39 is 23.6 Å². The van der Waals surface area contributed by atoms with E-state index in [1.807, 2.05) is 19.1 Å². The largest absolute Gasteiger partial charge is 0.351 e. The first-order valence-electron chi connectivity index (χ1n) is 7.97. The van der Waals surface area contributed by atoms with Gasteiger partial charge in [0.05, 0.1) is 17.2 Å². The number of rotatable bonds is 3. The molecule has 134 valence electrons.